The molecule has 0 aliphatic carbocycles. The Bertz CT molecular complexity index is 459. The predicted octanol–water partition coefficient (Wildman–Crippen LogP) is 0.468. The summed E-state index contributed by atoms with van der Waals surface area (Å²) < 4.78 is 24.1. The second kappa shape index (κ2) is 4.31. The van der Waals surface area contributed by atoms with Crippen LogP contribution >= 0.6 is 0 Å². The Morgan fingerprint density at radius 1 is 1.33 bits per heavy atom. The van der Waals surface area contributed by atoms with Crippen LogP contribution in [0.3, 0.4) is 0 Å². The van der Waals surface area contributed by atoms with Gasteiger partial charge in [-0.2, -0.15) is 0 Å². The van der Waals surface area contributed by atoms with Crippen molar-refractivity contribution in [2.75, 3.05) is 11.0 Å². The van der Waals surface area contributed by atoms with Crippen LogP contribution in [0.15, 0.2) is 29.3 Å². The summed E-state index contributed by atoms with van der Waals surface area (Å²) in [4.78, 5) is 3.68. The number of hydrogen-bond acceptors (Lipinski definition) is 4. The molecule has 15 heavy (non-hydrogen) atoms. The highest BCUT2D eigenvalue weighted by Gasteiger charge is 2.00. The molecule has 0 spiro atoms. The van der Waals surface area contributed by atoms with Crippen LogP contribution < -0.4 is 9.83 Å². The van der Waals surface area contributed by atoms with Crippen molar-refractivity contribution in [1.82, 2.24) is 0 Å². The van der Waals surface area contributed by atoms with Gasteiger partial charge in [0.15, 0.2) is 0 Å². The number of aliphatic imine (C=N–C) groups is 1. The van der Waals surface area contributed by atoms with Gasteiger partial charge in [-0.15, -0.1) is 0 Å². The van der Waals surface area contributed by atoms with Crippen LogP contribution in [0.5, 0.6) is 0 Å². The monoisotopic (exact) mass is 227 g/mol. The fourth-order valence-corrected chi connectivity index (χ4v) is 1.56. The molecule has 0 atom stereocenters. The second-order valence-corrected chi connectivity index (χ2v) is 4.80. The third-order valence-electron chi connectivity index (χ3n) is 1.46. The third kappa shape index (κ3) is 4.46. The van der Waals surface area contributed by atoms with Crippen molar-refractivity contribution in [3.8, 4) is 0 Å². The summed E-state index contributed by atoms with van der Waals surface area (Å²) in [7, 11) is -3.26. The largest absolute Gasteiger partial charge is 0.862 e. The standard InChI is InChI=1S/C9H12N2O3S/c1-7(12)10-8-3-5-9(6-4-8)11-15(2,13)14/h3-6,11H,1-2H3,(H,10,12)/p-1. The molecule has 0 bridgehead atoms. The summed E-state index contributed by atoms with van der Waals surface area (Å²) in [5, 5.41) is 10.6. The highest BCUT2D eigenvalue weighted by molar-refractivity contribution is 7.92. The van der Waals surface area contributed by atoms with E-state index in [0.717, 1.165) is 6.26 Å². The first-order valence-electron chi connectivity index (χ1n) is 4.17. The van der Waals surface area contributed by atoms with E-state index in [2.05, 4.69) is 9.71 Å². The maximum atomic E-state index is 10.9. The predicted molar refractivity (Wildman–Crippen MR) is 57.7 cm³/mol. The number of nitrogens with zero attached hydrogens (tertiary/aromatic N) is 1. The van der Waals surface area contributed by atoms with Gasteiger partial charge in [-0.1, -0.05) is 0 Å². The average Bonchev–Trinajstić information content (AvgIpc) is 2.05. The van der Waals surface area contributed by atoms with Crippen LogP contribution in [0.25, 0.3) is 0 Å². The van der Waals surface area contributed by atoms with Crippen molar-refractivity contribution < 1.29 is 13.5 Å². The lowest BCUT2D eigenvalue weighted by atomic mass is 10.3. The Morgan fingerprint density at radius 3 is 2.27 bits per heavy atom. The summed E-state index contributed by atoms with van der Waals surface area (Å²) in [6, 6.07) is 6.22. The summed E-state index contributed by atoms with van der Waals surface area (Å²) >= 11 is 0. The van der Waals surface area contributed by atoms with Crippen molar-refractivity contribution in [3.63, 3.8) is 0 Å². The normalized spacial score (nSPS) is 12.5. The summed E-state index contributed by atoms with van der Waals surface area (Å²) in [6.07, 6.45) is 1.07. The molecule has 0 radical (unpaired) electrons. The number of nitrogens with one attached hydrogen (secondary N) is 1. The van der Waals surface area contributed by atoms with Crippen molar-refractivity contribution in [1.29, 1.82) is 0 Å². The van der Waals surface area contributed by atoms with Gasteiger partial charge in [0.05, 0.1) is 11.9 Å². The molecule has 6 heteroatoms. The first-order valence-corrected chi connectivity index (χ1v) is 6.06. The molecule has 0 saturated heterocycles. The van der Waals surface area contributed by atoms with E-state index in [0.29, 0.717) is 11.4 Å². The van der Waals surface area contributed by atoms with Crippen LogP contribution in [0.1, 0.15) is 6.92 Å². The van der Waals surface area contributed by atoms with E-state index in [9.17, 15) is 13.5 Å². The van der Waals surface area contributed by atoms with E-state index < -0.39 is 10.0 Å². The van der Waals surface area contributed by atoms with Crippen molar-refractivity contribution >= 4 is 27.3 Å². The maximum Gasteiger partial charge on any atom is 0.229 e. The first-order chi connectivity index (χ1) is 6.87. The second-order valence-electron chi connectivity index (χ2n) is 3.05. The molecule has 1 N–H and O–H groups in total. The molecule has 0 aliphatic heterocycles. The fraction of sp³-hybridized carbons (Fsp3) is 0.222. The fourth-order valence-electron chi connectivity index (χ4n) is 1.000. The molecule has 82 valence electrons. The van der Waals surface area contributed by atoms with Gasteiger partial charge < -0.3 is 5.11 Å². The Kier molecular flexibility index (Phi) is 3.31. The quantitative estimate of drug-likeness (QED) is 0.602. The third-order valence-corrected chi connectivity index (χ3v) is 2.06. The number of benzene rings is 1. The molecule has 1 aromatic rings. The zero-order chi connectivity index (χ0) is 11.5. The number of sulfonamides is 1. The average molecular weight is 227 g/mol. The molecule has 0 aromatic heterocycles. The summed E-state index contributed by atoms with van der Waals surface area (Å²) in [5.74, 6) is -0.293. The van der Waals surface area contributed by atoms with Gasteiger partial charge >= 0.3 is 0 Å². The zero-order valence-electron chi connectivity index (χ0n) is 8.39. The van der Waals surface area contributed by atoms with Crippen molar-refractivity contribution in [2.45, 2.75) is 6.92 Å². The topological polar surface area (TPSA) is 81.6 Å². The van der Waals surface area contributed by atoms with Crippen LogP contribution in [-0.4, -0.2) is 20.6 Å². The van der Waals surface area contributed by atoms with Gasteiger partial charge in [-0.25, -0.2) is 8.42 Å². The minimum Gasteiger partial charge on any atom is -0.862 e. The lowest BCUT2D eigenvalue weighted by Crippen LogP contribution is -2.11. The molecule has 0 saturated carbocycles. The SMILES string of the molecule is CC([O-])=Nc1ccc(NS(C)(=O)=O)cc1. The van der Waals surface area contributed by atoms with Gasteiger partial charge in [0, 0.05) is 5.69 Å². The smallest absolute Gasteiger partial charge is 0.229 e. The van der Waals surface area contributed by atoms with Gasteiger partial charge in [0.1, 0.15) is 0 Å². The lowest BCUT2D eigenvalue weighted by molar-refractivity contribution is -0.215. The van der Waals surface area contributed by atoms with Gasteiger partial charge in [-0.3, -0.25) is 9.71 Å². The highest BCUT2D eigenvalue weighted by Crippen LogP contribution is 2.16. The summed E-state index contributed by atoms with van der Waals surface area (Å²) in [6.45, 7) is 1.35. The molecular weight excluding hydrogens is 216 g/mol. The van der Waals surface area contributed by atoms with Gasteiger partial charge in [0.25, 0.3) is 0 Å². The molecule has 0 heterocycles. The van der Waals surface area contributed by atoms with Crippen LogP contribution in [0, 0.1) is 0 Å². The van der Waals surface area contributed by atoms with Gasteiger partial charge in [0.2, 0.25) is 10.0 Å². The molecule has 0 aliphatic rings. The zero-order valence-corrected chi connectivity index (χ0v) is 9.21. The number of anilines is 1. The Morgan fingerprint density at radius 2 is 1.87 bits per heavy atom. The van der Waals surface area contributed by atoms with Crippen LogP contribution in [0.2, 0.25) is 0 Å². The van der Waals surface area contributed by atoms with E-state index in [4.69, 9.17) is 0 Å². The van der Waals surface area contributed by atoms with E-state index in [1.807, 2.05) is 0 Å². The molecule has 0 amide bonds. The first kappa shape index (κ1) is 11.5. The molecule has 1 aromatic carbocycles. The summed E-state index contributed by atoms with van der Waals surface area (Å²) in [5.41, 5.74) is 0.946. The molecule has 1 rings (SSSR count). The molecular formula is C9H11N2O3S-. The molecule has 0 fully saturated rings. The van der Waals surface area contributed by atoms with Gasteiger partial charge in [-0.05, 0) is 37.1 Å². The van der Waals surface area contributed by atoms with E-state index >= 15 is 0 Å². The minimum absolute atomic E-state index is 0.293. The Hall–Kier alpha value is -1.56. The number of rotatable bonds is 3. The lowest BCUT2D eigenvalue weighted by Gasteiger charge is -2.05. The Balaban J connectivity index is 2.86. The maximum absolute atomic E-state index is 10.9. The molecule has 0 unspecified atom stereocenters. The molecule has 5 nitrogen and oxygen atoms in total. The highest BCUT2D eigenvalue weighted by atomic mass is 32.2. The van der Waals surface area contributed by atoms with Crippen LogP contribution in [-0.2, 0) is 10.0 Å². The van der Waals surface area contributed by atoms with Crippen molar-refractivity contribution in [3.05, 3.63) is 24.3 Å². The van der Waals surface area contributed by atoms with Crippen LogP contribution in [0.4, 0.5) is 11.4 Å². The van der Waals surface area contributed by atoms with E-state index in [1.54, 1.807) is 24.3 Å². The Labute approximate surface area is 88.5 Å². The van der Waals surface area contributed by atoms with E-state index in [1.165, 1.54) is 6.92 Å². The number of hydrogen-bond donors (Lipinski definition) is 1. The minimum atomic E-state index is -3.26. The van der Waals surface area contributed by atoms with Crippen molar-refractivity contribution in [2.24, 2.45) is 4.99 Å². The van der Waals surface area contributed by atoms with E-state index in [-0.39, 0.29) is 5.90 Å².